The fourth-order valence-electron chi connectivity index (χ4n) is 0.411. The van der Waals surface area contributed by atoms with Gasteiger partial charge in [-0.2, -0.15) is 0 Å². The molecule has 13 heavy (non-hydrogen) atoms. The van der Waals surface area contributed by atoms with Crippen LogP contribution in [0.1, 0.15) is 0 Å². The summed E-state index contributed by atoms with van der Waals surface area (Å²) in [7, 11) is -4.69. The van der Waals surface area contributed by atoms with Gasteiger partial charge in [-0.15, -0.1) is 0 Å². The summed E-state index contributed by atoms with van der Waals surface area (Å²) in [5, 5.41) is 0. The third kappa shape index (κ3) is 7.78. The molecule has 1 aromatic rings. The molecule has 0 fully saturated rings. The second-order valence-electron chi connectivity index (χ2n) is 1.42. The molecule has 9 heteroatoms. The second kappa shape index (κ2) is 6.89. The molecule has 0 saturated carbocycles. The summed E-state index contributed by atoms with van der Waals surface area (Å²) in [6, 6.07) is 2.62. The molecule has 1 radical (unpaired) electrons. The Morgan fingerprint density at radius 3 is 2.31 bits per heavy atom. The Morgan fingerprint density at radius 1 is 1.46 bits per heavy atom. The third-order valence-corrected chi connectivity index (χ3v) is 1.05. The Morgan fingerprint density at radius 2 is 2.00 bits per heavy atom. The van der Waals surface area contributed by atoms with Gasteiger partial charge in [0.05, 0.1) is 6.26 Å². The van der Waals surface area contributed by atoms with E-state index in [1.54, 1.807) is 0 Å². The summed E-state index contributed by atoms with van der Waals surface area (Å²) < 4.78 is 37.8. The molecule has 0 aliphatic heterocycles. The van der Waals surface area contributed by atoms with Crippen LogP contribution < -0.4 is 4.18 Å². The molecule has 0 unspecified atom stereocenters. The Kier molecular flexibility index (Phi) is 9.68. The normalized spacial score (nSPS) is 8.69. The molecular formula is C4H6CuO7S. The van der Waals surface area contributed by atoms with Gasteiger partial charge in [0.15, 0.2) is 0 Å². The van der Waals surface area contributed by atoms with Gasteiger partial charge in [-0.1, -0.05) is 0 Å². The van der Waals surface area contributed by atoms with Gasteiger partial charge in [0.1, 0.15) is 0 Å². The maximum absolute atomic E-state index is 9.86. The molecule has 7 nitrogen and oxygen atoms in total. The van der Waals surface area contributed by atoms with Crippen LogP contribution in [0.25, 0.3) is 0 Å². The van der Waals surface area contributed by atoms with Crippen molar-refractivity contribution >= 4 is 10.4 Å². The fraction of sp³-hybridized carbons (Fsp3) is 0. The topological polar surface area (TPSA) is 141 Å². The van der Waals surface area contributed by atoms with E-state index in [0.717, 1.165) is 0 Å². The summed E-state index contributed by atoms with van der Waals surface area (Å²) in [5.41, 5.74) is 0. The molecule has 0 bridgehead atoms. The number of hydrogen-bond acceptors (Lipinski definition) is 6. The van der Waals surface area contributed by atoms with Crippen molar-refractivity contribution in [1.29, 1.82) is 0 Å². The van der Waals surface area contributed by atoms with E-state index in [1.165, 1.54) is 18.4 Å². The van der Waals surface area contributed by atoms with E-state index in [-0.39, 0.29) is 34.0 Å². The largest absolute Gasteiger partial charge is 2.00 e. The summed E-state index contributed by atoms with van der Waals surface area (Å²) in [5.74, 6) is -0.324. The molecular weight excluding hydrogens is 256 g/mol. The van der Waals surface area contributed by atoms with Crippen molar-refractivity contribution < 1.29 is 49.6 Å². The minimum absolute atomic E-state index is 0. The molecule has 0 saturated heterocycles. The molecule has 0 atom stereocenters. The van der Waals surface area contributed by atoms with Crippen molar-refractivity contribution in [2.75, 3.05) is 0 Å². The smallest absolute Gasteiger partial charge is 0.870 e. The van der Waals surface area contributed by atoms with Crippen molar-refractivity contribution in [2.45, 2.75) is 0 Å². The van der Waals surface area contributed by atoms with Crippen LogP contribution in [0, 0.1) is 0 Å². The van der Waals surface area contributed by atoms with E-state index in [4.69, 9.17) is 0 Å². The maximum atomic E-state index is 9.86. The van der Waals surface area contributed by atoms with E-state index in [1.807, 2.05) is 0 Å². The van der Waals surface area contributed by atoms with E-state index in [2.05, 4.69) is 8.60 Å². The standard InChI is InChI=1S/C4H4O5S.Cu.2H2O/c5-10(6,7)9-4-2-1-3-8-4;;;/h1-3H,(H,5,6,7);;2*1H2/q;+2;;/p-2. The van der Waals surface area contributed by atoms with Gasteiger partial charge >= 0.3 is 17.1 Å². The van der Waals surface area contributed by atoms with Crippen LogP contribution in [0.2, 0.25) is 0 Å². The first-order valence-electron chi connectivity index (χ1n) is 2.27. The van der Waals surface area contributed by atoms with Crippen molar-refractivity contribution in [3.63, 3.8) is 0 Å². The van der Waals surface area contributed by atoms with Crippen LogP contribution in [0.4, 0.5) is 0 Å². The quantitative estimate of drug-likeness (QED) is 0.384. The molecule has 0 aromatic carbocycles. The van der Waals surface area contributed by atoms with Crippen molar-refractivity contribution in [3.05, 3.63) is 18.4 Å². The van der Waals surface area contributed by atoms with E-state index in [9.17, 15) is 13.0 Å². The molecule has 1 heterocycles. The first-order valence-corrected chi connectivity index (χ1v) is 3.60. The van der Waals surface area contributed by atoms with Crippen LogP contribution in [0.5, 0.6) is 5.95 Å². The zero-order chi connectivity index (χ0) is 7.61. The Bertz CT molecular complexity index is 290. The van der Waals surface area contributed by atoms with Crippen LogP contribution in [-0.2, 0) is 27.5 Å². The van der Waals surface area contributed by atoms with E-state index in [0.29, 0.717) is 0 Å². The zero-order valence-electron chi connectivity index (χ0n) is 5.93. The van der Waals surface area contributed by atoms with Crippen molar-refractivity contribution in [1.82, 2.24) is 0 Å². The number of furan rings is 1. The SMILES string of the molecule is O.O=S(=O)([O-])Oc1ccco1.[Cu+2].[OH-]. The summed E-state index contributed by atoms with van der Waals surface area (Å²) in [4.78, 5) is 0. The van der Waals surface area contributed by atoms with Crippen LogP contribution in [-0.4, -0.2) is 23.9 Å². The average Bonchev–Trinajstić information content (AvgIpc) is 2.12. The zero-order valence-corrected chi connectivity index (χ0v) is 7.69. The van der Waals surface area contributed by atoms with Crippen molar-refractivity contribution in [3.8, 4) is 5.95 Å². The first kappa shape index (κ1) is 18.3. The van der Waals surface area contributed by atoms with E-state index < -0.39 is 10.4 Å². The Balaban J connectivity index is -0.000000333. The molecule has 0 amide bonds. The van der Waals surface area contributed by atoms with Crippen LogP contribution in [0.15, 0.2) is 22.8 Å². The second-order valence-corrected chi connectivity index (χ2v) is 2.41. The van der Waals surface area contributed by atoms with E-state index >= 15 is 0 Å². The fourth-order valence-corrected chi connectivity index (χ4v) is 0.708. The molecule has 0 aliphatic carbocycles. The van der Waals surface area contributed by atoms with Gasteiger partial charge in [-0.3, -0.25) is 0 Å². The predicted octanol–water partition coefficient (Wildman–Crippen LogP) is -0.885. The molecule has 0 spiro atoms. The summed E-state index contributed by atoms with van der Waals surface area (Å²) in [6.07, 6.45) is 1.19. The molecule has 1 rings (SSSR count). The number of hydrogen-bond donors (Lipinski definition) is 0. The van der Waals surface area contributed by atoms with Gasteiger partial charge in [0, 0.05) is 6.07 Å². The number of rotatable bonds is 2. The molecule has 1 aromatic heterocycles. The van der Waals surface area contributed by atoms with Crippen LogP contribution >= 0.6 is 0 Å². The first-order chi connectivity index (χ1) is 4.58. The molecule has 3 N–H and O–H groups in total. The minimum Gasteiger partial charge on any atom is -0.870 e. The third-order valence-electron chi connectivity index (χ3n) is 0.679. The average molecular weight is 262 g/mol. The Labute approximate surface area is 84.7 Å². The summed E-state index contributed by atoms with van der Waals surface area (Å²) >= 11 is 0. The monoisotopic (exact) mass is 261 g/mol. The van der Waals surface area contributed by atoms with Gasteiger partial charge in [-0.05, 0) is 6.07 Å². The predicted molar refractivity (Wildman–Crippen MR) is 34.6 cm³/mol. The van der Waals surface area contributed by atoms with Crippen LogP contribution in [0.3, 0.4) is 0 Å². The Hall–Kier alpha value is -0.571. The van der Waals surface area contributed by atoms with Crippen molar-refractivity contribution in [2.24, 2.45) is 0 Å². The van der Waals surface area contributed by atoms with Gasteiger partial charge in [-0.25, -0.2) is 8.42 Å². The molecule has 0 aliphatic rings. The van der Waals surface area contributed by atoms with Gasteiger partial charge in [0.2, 0.25) is 0 Å². The summed E-state index contributed by atoms with van der Waals surface area (Å²) in [6.45, 7) is 0. The van der Waals surface area contributed by atoms with Gasteiger partial charge in [0.25, 0.3) is 16.3 Å². The van der Waals surface area contributed by atoms with Gasteiger partial charge < -0.3 is 24.1 Å². The maximum Gasteiger partial charge on any atom is 2.00 e. The molecule has 81 valence electrons. The minimum atomic E-state index is -4.69.